The normalized spacial score (nSPS) is 15.7. The standard InChI is InChI=1S/C21H21Cl2NO2S/c1-14-6-9-27-20(14)19(16-10-17(22)12-18(23)11-16)5-3-8-24-7-2-4-15(13-24)21(25)26/h4-6,9-12H,2-3,7-8,13H2,1H3,(H,25,26)/b19-5-. The maximum absolute atomic E-state index is 11.2. The molecule has 1 N–H and O–H groups in total. The Morgan fingerprint density at radius 2 is 2.04 bits per heavy atom. The van der Waals surface area contributed by atoms with Crippen LogP contribution in [0.2, 0.25) is 10.0 Å². The van der Waals surface area contributed by atoms with E-state index >= 15 is 0 Å². The van der Waals surface area contributed by atoms with Crippen molar-refractivity contribution in [3.8, 4) is 0 Å². The predicted molar refractivity (Wildman–Crippen MR) is 114 cm³/mol. The number of halogens is 2. The van der Waals surface area contributed by atoms with Gasteiger partial charge in [-0.2, -0.15) is 0 Å². The Morgan fingerprint density at radius 3 is 2.67 bits per heavy atom. The van der Waals surface area contributed by atoms with Crippen LogP contribution < -0.4 is 0 Å². The van der Waals surface area contributed by atoms with Crippen molar-refractivity contribution in [2.75, 3.05) is 19.6 Å². The van der Waals surface area contributed by atoms with Gasteiger partial charge in [0.05, 0.1) is 0 Å². The first-order valence-electron chi connectivity index (χ1n) is 8.80. The molecule has 0 saturated carbocycles. The number of hydrogen-bond donors (Lipinski definition) is 1. The lowest BCUT2D eigenvalue weighted by atomic mass is 10.0. The maximum atomic E-state index is 11.2. The summed E-state index contributed by atoms with van der Waals surface area (Å²) in [5.41, 5.74) is 3.83. The summed E-state index contributed by atoms with van der Waals surface area (Å²) in [5.74, 6) is -0.821. The Bertz CT molecular complexity index is 881. The van der Waals surface area contributed by atoms with Crippen molar-refractivity contribution < 1.29 is 9.90 Å². The van der Waals surface area contributed by atoms with Gasteiger partial charge in [0.25, 0.3) is 0 Å². The van der Waals surface area contributed by atoms with Gasteiger partial charge in [-0.3, -0.25) is 4.90 Å². The molecule has 1 aliphatic heterocycles. The Hall–Kier alpha value is -1.59. The van der Waals surface area contributed by atoms with E-state index in [-0.39, 0.29) is 0 Å². The van der Waals surface area contributed by atoms with Gasteiger partial charge in [-0.25, -0.2) is 4.79 Å². The molecule has 0 spiro atoms. The molecule has 2 heterocycles. The second-order valence-corrected chi connectivity index (χ2v) is 8.39. The number of aliphatic carboxylic acids is 1. The van der Waals surface area contributed by atoms with Gasteiger partial charge in [0, 0.05) is 40.1 Å². The summed E-state index contributed by atoms with van der Waals surface area (Å²) in [4.78, 5) is 14.6. The molecule has 1 aromatic carbocycles. The summed E-state index contributed by atoms with van der Waals surface area (Å²) in [6.45, 7) is 4.30. The van der Waals surface area contributed by atoms with E-state index in [9.17, 15) is 9.90 Å². The second kappa shape index (κ2) is 9.07. The van der Waals surface area contributed by atoms with Crippen LogP contribution in [0, 0.1) is 6.92 Å². The fraction of sp³-hybridized carbons (Fsp3) is 0.286. The summed E-state index contributed by atoms with van der Waals surface area (Å²) < 4.78 is 0. The molecule has 0 atom stereocenters. The Kier molecular flexibility index (Phi) is 6.77. The first-order valence-corrected chi connectivity index (χ1v) is 10.4. The van der Waals surface area contributed by atoms with Gasteiger partial charge in [-0.15, -0.1) is 11.3 Å². The minimum atomic E-state index is -0.821. The van der Waals surface area contributed by atoms with Crippen molar-refractivity contribution in [3.63, 3.8) is 0 Å². The quantitative estimate of drug-likeness (QED) is 0.630. The van der Waals surface area contributed by atoms with Crippen LogP contribution in [0.15, 0.2) is 47.4 Å². The lowest BCUT2D eigenvalue weighted by Gasteiger charge is -2.25. The molecule has 142 valence electrons. The highest BCUT2D eigenvalue weighted by atomic mass is 35.5. The van der Waals surface area contributed by atoms with E-state index < -0.39 is 5.97 Å². The van der Waals surface area contributed by atoms with Crippen molar-refractivity contribution >= 4 is 46.1 Å². The number of benzene rings is 1. The Balaban J connectivity index is 1.80. The first-order chi connectivity index (χ1) is 12.9. The highest BCUT2D eigenvalue weighted by molar-refractivity contribution is 7.11. The maximum Gasteiger partial charge on any atom is 0.332 e. The molecule has 3 rings (SSSR count). The van der Waals surface area contributed by atoms with Gasteiger partial charge in [0.15, 0.2) is 0 Å². The summed E-state index contributed by atoms with van der Waals surface area (Å²) in [6, 6.07) is 7.71. The largest absolute Gasteiger partial charge is 0.478 e. The molecular formula is C21H21Cl2NO2S. The molecule has 27 heavy (non-hydrogen) atoms. The first kappa shape index (κ1) is 20.2. The molecule has 0 aliphatic carbocycles. The van der Waals surface area contributed by atoms with E-state index in [0.29, 0.717) is 22.2 Å². The number of carboxylic acids is 1. The lowest BCUT2D eigenvalue weighted by molar-refractivity contribution is -0.133. The molecule has 1 aliphatic rings. The second-order valence-electron chi connectivity index (χ2n) is 6.60. The summed E-state index contributed by atoms with van der Waals surface area (Å²) in [5, 5.41) is 12.5. The van der Waals surface area contributed by atoms with Crippen LogP contribution in [0.5, 0.6) is 0 Å². The smallest absolute Gasteiger partial charge is 0.332 e. The van der Waals surface area contributed by atoms with Gasteiger partial charge < -0.3 is 5.11 Å². The average Bonchev–Trinajstić information content (AvgIpc) is 3.04. The number of hydrogen-bond acceptors (Lipinski definition) is 3. The van der Waals surface area contributed by atoms with Crippen LogP contribution in [0.3, 0.4) is 0 Å². The van der Waals surface area contributed by atoms with Gasteiger partial charge in [0.2, 0.25) is 0 Å². The Labute approximate surface area is 173 Å². The number of thiophene rings is 1. The zero-order chi connectivity index (χ0) is 19.4. The number of nitrogens with zero attached hydrogens (tertiary/aromatic N) is 1. The van der Waals surface area contributed by atoms with Crippen LogP contribution in [0.4, 0.5) is 0 Å². The summed E-state index contributed by atoms with van der Waals surface area (Å²) >= 11 is 14.1. The van der Waals surface area contributed by atoms with Crippen molar-refractivity contribution in [3.05, 3.63) is 73.4 Å². The minimum absolute atomic E-state index is 0.487. The van der Waals surface area contributed by atoms with E-state index in [1.165, 1.54) is 10.4 Å². The van der Waals surface area contributed by atoms with Gasteiger partial charge in [-0.1, -0.05) is 35.4 Å². The zero-order valence-electron chi connectivity index (χ0n) is 15.0. The molecule has 1 aromatic heterocycles. The number of carbonyl (C=O) groups is 1. The lowest BCUT2D eigenvalue weighted by Crippen LogP contribution is -2.32. The fourth-order valence-corrected chi connectivity index (χ4v) is 4.76. The van der Waals surface area contributed by atoms with Crippen molar-refractivity contribution in [1.29, 1.82) is 0 Å². The Morgan fingerprint density at radius 1 is 1.30 bits per heavy atom. The third-order valence-electron chi connectivity index (χ3n) is 4.58. The molecule has 0 fully saturated rings. The molecule has 3 nitrogen and oxygen atoms in total. The topological polar surface area (TPSA) is 40.5 Å². The van der Waals surface area contributed by atoms with E-state index in [1.54, 1.807) is 17.4 Å². The monoisotopic (exact) mass is 421 g/mol. The zero-order valence-corrected chi connectivity index (χ0v) is 17.4. The molecule has 0 unspecified atom stereocenters. The van der Waals surface area contributed by atoms with Gasteiger partial charge in [-0.05, 0) is 66.1 Å². The fourth-order valence-electron chi connectivity index (χ4n) is 3.24. The molecular weight excluding hydrogens is 401 g/mol. The van der Waals surface area contributed by atoms with E-state index in [1.807, 2.05) is 18.2 Å². The highest BCUT2D eigenvalue weighted by Gasteiger charge is 2.17. The molecule has 0 saturated heterocycles. The third-order valence-corrected chi connectivity index (χ3v) is 6.06. The molecule has 6 heteroatoms. The molecule has 2 aromatic rings. The molecule has 0 amide bonds. The van der Waals surface area contributed by atoms with Crippen LogP contribution in [-0.4, -0.2) is 35.6 Å². The van der Waals surface area contributed by atoms with Crippen molar-refractivity contribution in [2.45, 2.75) is 19.8 Å². The van der Waals surface area contributed by atoms with E-state index in [0.717, 1.165) is 37.1 Å². The summed E-state index contributed by atoms with van der Waals surface area (Å²) in [7, 11) is 0. The van der Waals surface area contributed by atoms with Crippen LogP contribution in [-0.2, 0) is 4.79 Å². The summed E-state index contributed by atoms with van der Waals surface area (Å²) in [6.07, 6.45) is 5.64. The van der Waals surface area contributed by atoms with Crippen LogP contribution >= 0.6 is 34.5 Å². The van der Waals surface area contributed by atoms with E-state index in [2.05, 4.69) is 29.3 Å². The molecule has 0 bridgehead atoms. The van der Waals surface area contributed by atoms with Gasteiger partial charge in [0.1, 0.15) is 0 Å². The molecule has 0 radical (unpaired) electrons. The number of rotatable bonds is 6. The predicted octanol–water partition coefficient (Wildman–Crippen LogP) is 5.90. The van der Waals surface area contributed by atoms with Crippen molar-refractivity contribution in [2.24, 2.45) is 0 Å². The van der Waals surface area contributed by atoms with Crippen molar-refractivity contribution in [1.82, 2.24) is 4.90 Å². The third kappa shape index (κ3) is 5.23. The highest BCUT2D eigenvalue weighted by Crippen LogP contribution is 2.33. The van der Waals surface area contributed by atoms with Gasteiger partial charge >= 0.3 is 5.97 Å². The average molecular weight is 422 g/mol. The van der Waals surface area contributed by atoms with E-state index in [4.69, 9.17) is 23.2 Å². The minimum Gasteiger partial charge on any atom is -0.478 e. The number of carboxylic acid groups (broad SMARTS) is 1. The SMILES string of the molecule is Cc1ccsc1/C(=C\CCN1CCC=C(C(=O)O)C1)c1cc(Cl)cc(Cl)c1. The number of aryl methyl sites for hydroxylation is 1. The van der Waals surface area contributed by atoms with Crippen LogP contribution in [0.25, 0.3) is 5.57 Å². The van der Waals surface area contributed by atoms with Crippen LogP contribution in [0.1, 0.15) is 28.8 Å².